The monoisotopic (exact) mass is 474 g/mol. The maximum absolute atomic E-state index is 12.3. The van der Waals surface area contributed by atoms with Crippen LogP contribution in [0.2, 0.25) is 0 Å². The second-order valence-corrected chi connectivity index (χ2v) is 11.8. The van der Waals surface area contributed by atoms with Gasteiger partial charge in [0.05, 0.1) is 11.4 Å². The number of amidine groups is 1. The summed E-state index contributed by atoms with van der Waals surface area (Å²) in [5.41, 5.74) is 11.0. The molecule has 3 aliphatic rings. The van der Waals surface area contributed by atoms with E-state index in [4.69, 9.17) is 5.73 Å². The smallest absolute Gasteiger partial charge is 0.163 e. The molecule has 1 unspecified atom stereocenters. The number of nitrogens with two attached hydrogens (primary N) is 1. The fourth-order valence-electron chi connectivity index (χ4n) is 4.30. The second-order valence-electron chi connectivity index (χ2n) is 8.46. The highest BCUT2D eigenvalue weighted by Crippen LogP contribution is 2.37. The predicted octanol–water partition coefficient (Wildman–Crippen LogP) is 2.97. The number of carbonyl (C=O) groups is 1. The van der Waals surface area contributed by atoms with Crippen LogP contribution < -0.4 is 11.1 Å². The third-order valence-electron chi connectivity index (χ3n) is 5.99. The number of nitrogens with one attached hydrogen (secondary N) is 1. The number of allylic oxidation sites excluding steroid dienone is 2. The van der Waals surface area contributed by atoms with Crippen LogP contribution in [0.4, 0.5) is 0 Å². The first kappa shape index (κ1) is 22.9. The van der Waals surface area contributed by atoms with Crippen LogP contribution in [0.15, 0.2) is 45.7 Å². The van der Waals surface area contributed by atoms with Gasteiger partial charge in [0.15, 0.2) is 17.1 Å². The number of carbonyl (C=O) groups excluding carboxylic acids is 1. The first-order valence-electron chi connectivity index (χ1n) is 11.0. The minimum absolute atomic E-state index is 0.117. The van der Waals surface area contributed by atoms with Crippen molar-refractivity contribution in [1.29, 1.82) is 0 Å². The number of rotatable bonds is 7. The Morgan fingerprint density at radius 1 is 1.28 bits per heavy atom. The van der Waals surface area contributed by atoms with Crippen molar-refractivity contribution in [3.05, 3.63) is 52.5 Å². The molecule has 32 heavy (non-hydrogen) atoms. The summed E-state index contributed by atoms with van der Waals surface area (Å²) in [5.74, 6) is 1.07. The molecule has 0 aromatic heterocycles. The number of aliphatic imine (C=N–C) groups is 1. The molecule has 172 valence electrons. The molecule has 9 heteroatoms. The van der Waals surface area contributed by atoms with Gasteiger partial charge in [-0.3, -0.25) is 4.79 Å². The van der Waals surface area contributed by atoms with Crippen LogP contribution in [0.5, 0.6) is 0 Å². The molecule has 1 aromatic rings. The average Bonchev–Trinajstić information content (AvgIpc) is 3.25. The summed E-state index contributed by atoms with van der Waals surface area (Å²) in [6, 6.07) is 4.20. The van der Waals surface area contributed by atoms with Gasteiger partial charge in [0.25, 0.3) is 0 Å². The van der Waals surface area contributed by atoms with Crippen LogP contribution in [0.25, 0.3) is 0 Å². The molecule has 0 spiro atoms. The molecular weight excluding hydrogens is 444 g/mol. The van der Waals surface area contributed by atoms with Crippen molar-refractivity contribution in [2.45, 2.75) is 55.8 Å². The zero-order valence-electron chi connectivity index (χ0n) is 18.6. The summed E-state index contributed by atoms with van der Waals surface area (Å²) in [4.78, 5) is 20.1. The van der Waals surface area contributed by atoms with E-state index in [9.17, 15) is 13.2 Å². The van der Waals surface area contributed by atoms with Crippen LogP contribution in [0, 0.1) is 0 Å². The van der Waals surface area contributed by atoms with Gasteiger partial charge in [-0.05, 0) is 49.3 Å². The number of fused-ring (bicyclic) bond motifs is 2. The zero-order valence-corrected chi connectivity index (χ0v) is 20.2. The zero-order chi connectivity index (χ0) is 22.9. The number of benzene rings is 1. The van der Waals surface area contributed by atoms with Crippen molar-refractivity contribution >= 4 is 33.2 Å². The Hall–Kier alpha value is -2.26. The van der Waals surface area contributed by atoms with E-state index in [0.717, 1.165) is 58.9 Å². The molecule has 0 amide bonds. The van der Waals surface area contributed by atoms with Crippen molar-refractivity contribution in [2.75, 3.05) is 18.6 Å². The molecule has 0 saturated carbocycles. The normalized spacial score (nSPS) is 20.6. The predicted molar refractivity (Wildman–Crippen MR) is 129 cm³/mol. The lowest BCUT2D eigenvalue weighted by Crippen LogP contribution is -2.36. The minimum Gasteiger partial charge on any atom is -0.400 e. The van der Waals surface area contributed by atoms with E-state index in [-0.39, 0.29) is 17.0 Å². The van der Waals surface area contributed by atoms with E-state index >= 15 is 0 Å². The van der Waals surface area contributed by atoms with Gasteiger partial charge in [0.1, 0.15) is 9.84 Å². The molecular formula is C23H30N4O3S2. The topological polar surface area (TPSA) is 105 Å². The van der Waals surface area contributed by atoms with Crippen molar-refractivity contribution in [2.24, 2.45) is 10.7 Å². The van der Waals surface area contributed by atoms with E-state index in [2.05, 4.69) is 28.2 Å². The van der Waals surface area contributed by atoms with Crippen LogP contribution >= 0.6 is 11.8 Å². The highest BCUT2D eigenvalue weighted by molar-refractivity contribution is 8.00. The summed E-state index contributed by atoms with van der Waals surface area (Å²) >= 11 is 1.64. The molecule has 1 fully saturated rings. The van der Waals surface area contributed by atoms with Crippen molar-refractivity contribution < 1.29 is 13.2 Å². The lowest BCUT2D eigenvalue weighted by molar-refractivity contribution is 0.0994. The van der Waals surface area contributed by atoms with E-state index < -0.39 is 9.84 Å². The number of hydrogen-bond acceptors (Lipinski definition) is 8. The third-order valence-corrected chi connectivity index (χ3v) is 8.25. The Balaban J connectivity index is 1.67. The van der Waals surface area contributed by atoms with Gasteiger partial charge in [0.2, 0.25) is 0 Å². The summed E-state index contributed by atoms with van der Waals surface area (Å²) in [7, 11) is -3.05. The van der Waals surface area contributed by atoms with Crippen LogP contribution in [0.3, 0.4) is 0 Å². The van der Waals surface area contributed by atoms with Crippen molar-refractivity contribution in [1.82, 2.24) is 10.2 Å². The van der Waals surface area contributed by atoms with Crippen LogP contribution in [-0.2, 0) is 22.7 Å². The summed E-state index contributed by atoms with van der Waals surface area (Å²) in [6.45, 7) is 2.66. The molecule has 1 saturated heterocycles. The Bertz CT molecular complexity index is 1120. The molecule has 1 atom stereocenters. The SMILES string of the molecule is CCc1cc2c(cc1SC1NC3=C(N)CCC=CN=C3N1CCCS(C)(=O)=O)C(=O)CC2. The highest BCUT2D eigenvalue weighted by atomic mass is 32.2. The molecule has 4 rings (SSSR count). The minimum atomic E-state index is -3.05. The van der Waals surface area contributed by atoms with E-state index in [0.29, 0.717) is 19.4 Å². The van der Waals surface area contributed by atoms with Gasteiger partial charge in [-0.25, -0.2) is 13.4 Å². The van der Waals surface area contributed by atoms with Crippen molar-refractivity contribution in [3.8, 4) is 0 Å². The van der Waals surface area contributed by atoms with E-state index in [1.807, 2.05) is 12.1 Å². The number of nitrogens with zero attached hydrogens (tertiary/aromatic N) is 2. The molecule has 7 nitrogen and oxygen atoms in total. The van der Waals surface area contributed by atoms with Gasteiger partial charge in [0, 0.05) is 41.6 Å². The third kappa shape index (κ3) is 4.88. The van der Waals surface area contributed by atoms with Gasteiger partial charge in [-0.1, -0.05) is 30.8 Å². The van der Waals surface area contributed by atoms with Gasteiger partial charge in [-0.2, -0.15) is 0 Å². The largest absolute Gasteiger partial charge is 0.400 e. The Morgan fingerprint density at radius 3 is 2.84 bits per heavy atom. The number of ketones is 1. The Labute approximate surface area is 194 Å². The summed E-state index contributed by atoms with van der Waals surface area (Å²) < 4.78 is 23.4. The molecule has 1 aliphatic carbocycles. The maximum atomic E-state index is 12.3. The number of sulfone groups is 1. The van der Waals surface area contributed by atoms with Gasteiger partial charge >= 0.3 is 0 Å². The number of Topliss-reactive ketones (excluding diaryl/α,β-unsaturated/α-hetero) is 1. The average molecular weight is 475 g/mol. The molecule has 0 bridgehead atoms. The first-order valence-corrected chi connectivity index (χ1v) is 14.0. The Kier molecular flexibility index (Phi) is 6.67. The second kappa shape index (κ2) is 9.31. The lowest BCUT2D eigenvalue weighted by atomic mass is 10.0. The molecule has 3 N–H and O–H groups in total. The molecule has 2 heterocycles. The number of hydrogen-bond donors (Lipinski definition) is 2. The van der Waals surface area contributed by atoms with Crippen LogP contribution in [0.1, 0.15) is 54.1 Å². The number of aryl methyl sites for hydroxylation is 2. The summed E-state index contributed by atoms with van der Waals surface area (Å²) in [5, 5.41) is 3.53. The fourth-order valence-corrected chi connectivity index (χ4v) is 6.25. The van der Waals surface area contributed by atoms with E-state index in [1.165, 1.54) is 11.8 Å². The standard InChI is InChI=1S/C23H30N4O3S2/c1-3-15-13-16-8-9-19(28)17(16)14-20(15)31-23-26-21-18(24)7-4-5-10-25-22(21)27(23)11-6-12-32(2,29)30/h5,10,13-14,23,26H,3-4,6-9,11-12,24H2,1-2H3. The van der Waals surface area contributed by atoms with E-state index in [1.54, 1.807) is 18.0 Å². The lowest BCUT2D eigenvalue weighted by Gasteiger charge is -2.26. The quantitative estimate of drug-likeness (QED) is 0.626. The van der Waals surface area contributed by atoms with Gasteiger partial charge < -0.3 is 16.0 Å². The number of thioether (sulfide) groups is 1. The van der Waals surface area contributed by atoms with Crippen LogP contribution in [-0.4, -0.2) is 49.0 Å². The first-order chi connectivity index (χ1) is 15.3. The van der Waals surface area contributed by atoms with Crippen molar-refractivity contribution in [3.63, 3.8) is 0 Å². The highest BCUT2D eigenvalue weighted by Gasteiger charge is 2.36. The molecule has 0 radical (unpaired) electrons. The summed E-state index contributed by atoms with van der Waals surface area (Å²) in [6.07, 6.45) is 9.38. The Morgan fingerprint density at radius 2 is 2.09 bits per heavy atom. The van der Waals surface area contributed by atoms with Gasteiger partial charge in [-0.15, -0.1) is 0 Å². The molecule has 2 aliphatic heterocycles. The maximum Gasteiger partial charge on any atom is 0.163 e. The fraction of sp³-hybridized carbons (Fsp3) is 0.478. The molecule has 1 aromatic carbocycles.